The number of hydrogen-bond acceptors (Lipinski definition) is 3. The summed E-state index contributed by atoms with van der Waals surface area (Å²) < 4.78 is 0. The largest absolute Gasteiger partial charge is 0.478 e. The molecule has 0 aliphatic carbocycles. The van der Waals surface area contributed by atoms with E-state index in [4.69, 9.17) is 5.11 Å². The second-order valence-electron chi connectivity index (χ2n) is 3.81. The van der Waals surface area contributed by atoms with E-state index in [1.165, 1.54) is 17.5 Å². The van der Waals surface area contributed by atoms with Crippen LogP contribution < -0.4 is 5.32 Å². The summed E-state index contributed by atoms with van der Waals surface area (Å²) in [6, 6.07) is 3.74. The number of H-pyrrole nitrogens is 1. The molecule has 18 heavy (non-hydrogen) atoms. The van der Waals surface area contributed by atoms with Crippen LogP contribution in [-0.2, 0) is 11.2 Å². The number of nitrogens with one attached hydrogen (secondary N) is 2. The van der Waals surface area contributed by atoms with E-state index in [1.807, 2.05) is 17.5 Å². The second-order valence-corrected chi connectivity index (χ2v) is 4.84. The highest BCUT2D eigenvalue weighted by Crippen LogP contribution is 2.19. The van der Waals surface area contributed by atoms with E-state index < -0.39 is 5.97 Å². The molecule has 0 fully saturated rings. The zero-order valence-electron chi connectivity index (χ0n) is 9.69. The fourth-order valence-electron chi connectivity index (χ4n) is 1.67. The number of aromatic amines is 1. The highest BCUT2D eigenvalue weighted by atomic mass is 32.1. The van der Waals surface area contributed by atoms with Crippen molar-refractivity contribution in [1.82, 2.24) is 4.98 Å². The highest BCUT2D eigenvalue weighted by Gasteiger charge is 2.17. The number of aryl methyl sites for hydroxylation is 1. The molecule has 0 atom stereocenters. The summed E-state index contributed by atoms with van der Waals surface area (Å²) in [5.74, 6) is -1.28. The monoisotopic (exact) mass is 264 g/mol. The van der Waals surface area contributed by atoms with Crippen LogP contribution in [0.3, 0.4) is 0 Å². The van der Waals surface area contributed by atoms with Crippen molar-refractivity contribution >= 4 is 28.9 Å². The average molecular weight is 264 g/mol. The van der Waals surface area contributed by atoms with Gasteiger partial charge in [0.25, 0.3) is 0 Å². The van der Waals surface area contributed by atoms with Gasteiger partial charge in [0.2, 0.25) is 5.91 Å². The maximum absolute atomic E-state index is 11.8. The highest BCUT2D eigenvalue weighted by molar-refractivity contribution is 7.10. The van der Waals surface area contributed by atoms with E-state index >= 15 is 0 Å². The average Bonchev–Trinajstić information content (AvgIpc) is 2.88. The van der Waals surface area contributed by atoms with E-state index in [9.17, 15) is 9.59 Å². The Labute approximate surface area is 107 Å². The smallest absolute Gasteiger partial charge is 0.339 e. The molecule has 0 bridgehead atoms. The molecule has 0 saturated heterocycles. The minimum Gasteiger partial charge on any atom is -0.478 e. The lowest BCUT2D eigenvalue weighted by Gasteiger charge is -2.03. The first kappa shape index (κ1) is 12.4. The number of amides is 1. The topological polar surface area (TPSA) is 82.2 Å². The molecular weight excluding hydrogens is 252 g/mol. The van der Waals surface area contributed by atoms with E-state index in [0.717, 1.165) is 4.88 Å². The van der Waals surface area contributed by atoms with Crippen molar-refractivity contribution in [3.8, 4) is 0 Å². The van der Waals surface area contributed by atoms with Gasteiger partial charge in [-0.2, -0.15) is 0 Å². The fourth-order valence-corrected chi connectivity index (χ4v) is 2.37. The van der Waals surface area contributed by atoms with Crippen molar-refractivity contribution in [2.24, 2.45) is 0 Å². The molecule has 6 heteroatoms. The molecule has 5 nitrogen and oxygen atoms in total. The zero-order valence-corrected chi connectivity index (χ0v) is 10.5. The Morgan fingerprint density at radius 1 is 1.50 bits per heavy atom. The fraction of sp³-hybridized carbons (Fsp3) is 0.167. The Kier molecular flexibility index (Phi) is 3.47. The van der Waals surface area contributed by atoms with Gasteiger partial charge < -0.3 is 15.4 Å². The minimum absolute atomic E-state index is 0.106. The summed E-state index contributed by atoms with van der Waals surface area (Å²) in [5, 5.41) is 13.5. The maximum Gasteiger partial charge on any atom is 0.339 e. The van der Waals surface area contributed by atoms with E-state index in [0.29, 0.717) is 11.4 Å². The van der Waals surface area contributed by atoms with Gasteiger partial charge in [0.15, 0.2) is 0 Å². The molecule has 0 saturated carbocycles. The van der Waals surface area contributed by atoms with Gasteiger partial charge in [0, 0.05) is 16.8 Å². The standard InChI is InChI=1S/C12H12N2O3S/c1-7-11(12(16)17)9(6-13-7)14-10(15)5-8-3-2-4-18-8/h2-4,6,13H,5H2,1H3,(H,14,15)(H,16,17). The van der Waals surface area contributed by atoms with Crippen LogP contribution in [0.5, 0.6) is 0 Å². The van der Waals surface area contributed by atoms with Gasteiger partial charge in [-0.25, -0.2) is 4.79 Å². The van der Waals surface area contributed by atoms with Gasteiger partial charge in [-0.1, -0.05) is 6.07 Å². The third kappa shape index (κ3) is 2.60. The van der Waals surface area contributed by atoms with Crippen LogP contribution in [0, 0.1) is 6.92 Å². The van der Waals surface area contributed by atoms with Gasteiger partial charge in [-0.15, -0.1) is 11.3 Å². The molecule has 2 rings (SSSR count). The summed E-state index contributed by atoms with van der Waals surface area (Å²) in [7, 11) is 0. The summed E-state index contributed by atoms with van der Waals surface area (Å²) in [4.78, 5) is 26.5. The summed E-state index contributed by atoms with van der Waals surface area (Å²) in [5.41, 5.74) is 0.935. The first-order chi connectivity index (χ1) is 8.58. The Morgan fingerprint density at radius 2 is 2.28 bits per heavy atom. The van der Waals surface area contributed by atoms with Crippen LogP contribution in [0.25, 0.3) is 0 Å². The first-order valence-electron chi connectivity index (χ1n) is 5.31. The van der Waals surface area contributed by atoms with Crippen LogP contribution in [0.2, 0.25) is 0 Å². The lowest BCUT2D eigenvalue weighted by atomic mass is 10.2. The summed E-state index contributed by atoms with van der Waals surface area (Å²) in [6.45, 7) is 1.65. The molecule has 2 aromatic rings. The zero-order chi connectivity index (χ0) is 13.1. The molecule has 0 spiro atoms. The van der Waals surface area contributed by atoms with Crippen molar-refractivity contribution in [3.63, 3.8) is 0 Å². The van der Waals surface area contributed by atoms with Crippen LogP contribution in [0.1, 0.15) is 20.9 Å². The molecule has 0 radical (unpaired) electrons. The number of anilines is 1. The Morgan fingerprint density at radius 3 is 2.89 bits per heavy atom. The molecule has 1 amide bonds. The number of carbonyl (C=O) groups excluding carboxylic acids is 1. The van der Waals surface area contributed by atoms with E-state index in [1.54, 1.807) is 6.92 Å². The van der Waals surface area contributed by atoms with Crippen LogP contribution in [0.15, 0.2) is 23.7 Å². The Hall–Kier alpha value is -2.08. The van der Waals surface area contributed by atoms with Crippen molar-refractivity contribution < 1.29 is 14.7 Å². The van der Waals surface area contributed by atoms with Crippen molar-refractivity contribution in [1.29, 1.82) is 0 Å². The normalized spacial score (nSPS) is 10.3. The first-order valence-corrected chi connectivity index (χ1v) is 6.19. The summed E-state index contributed by atoms with van der Waals surface area (Å²) in [6.07, 6.45) is 1.74. The number of thiophene rings is 1. The number of aromatic nitrogens is 1. The number of carboxylic acids is 1. The molecular formula is C12H12N2O3S. The molecule has 2 aromatic heterocycles. The lowest BCUT2D eigenvalue weighted by Crippen LogP contribution is -2.15. The number of hydrogen-bond donors (Lipinski definition) is 3. The number of aromatic carboxylic acids is 1. The van der Waals surface area contributed by atoms with Crippen LogP contribution in [-0.4, -0.2) is 22.0 Å². The van der Waals surface area contributed by atoms with Gasteiger partial charge in [-0.05, 0) is 18.4 Å². The van der Waals surface area contributed by atoms with Crippen LogP contribution in [0.4, 0.5) is 5.69 Å². The second kappa shape index (κ2) is 5.05. The number of carbonyl (C=O) groups is 2. The van der Waals surface area contributed by atoms with Crippen molar-refractivity contribution in [3.05, 3.63) is 39.8 Å². The van der Waals surface area contributed by atoms with Crippen molar-refractivity contribution in [2.75, 3.05) is 5.32 Å². The molecule has 0 aromatic carbocycles. The molecule has 3 N–H and O–H groups in total. The minimum atomic E-state index is -1.06. The van der Waals surface area contributed by atoms with Gasteiger partial charge in [0.05, 0.1) is 12.1 Å². The van der Waals surface area contributed by atoms with Crippen molar-refractivity contribution in [2.45, 2.75) is 13.3 Å². The predicted molar refractivity (Wildman–Crippen MR) is 69.1 cm³/mol. The number of carboxylic acid groups (broad SMARTS) is 1. The molecule has 2 heterocycles. The maximum atomic E-state index is 11.8. The Bertz CT molecular complexity index is 572. The van der Waals surface area contributed by atoms with Gasteiger partial charge >= 0.3 is 5.97 Å². The number of rotatable bonds is 4. The molecule has 0 unspecified atom stereocenters. The SMILES string of the molecule is Cc1[nH]cc(NC(=O)Cc2cccs2)c1C(=O)O. The Balaban J connectivity index is 2.10. The molecule has 0 aliphatic rings. The van der Waals surface area contributed by atoms with Crippen LogP contribution >= 0.6 is 11.3 Å². The molecule has 94 valence electrons. The van der Waals surface area contributed by atoms with Gasteiger partial charge in [-0.3, -0.25) is 4.79 Å². The van der Waals surface area contributed by atoms with E-state index in [2.05, 4.69) is 10.3 Å². The third-order valence-corrected chi connectivity index (χ3v) is 3.36. The van der Waals surface area contributed by atoms with E-state index in [-0.39, 0.29) is 17.9 Å². The third-order valence-electron chi connectivity index (χ3n) is 2.48. The van der Waals surface area contributed by atoms with Gasteiger partial charge in [0.1, 0.15) is 5.56 Å². The summed E-state index contributed by atoms with van der Waals surface area (Å²) >= 11 is 1.49. The quantitative estimate of drug-likeness (QED) is 0.792. The molecule has 0 aliphatic heterocycles. The predicted octanol–water partition coefficient (Wildman–Crippen LogP) is 2.26. The lowest BCUT2D eigenvalue weighted by molar-refractivity contribution is -0.115.